The van der Waals surface area contributed by atoms with Gasteiger partial charge in [0.1, 0.15) is 5.58 Å². The summed E-state index contributed by atoms with van der Waals surface area (Å²) in [6, 6.07) is 4.18. The smallest absolute Gasteiger partial charge is 0.372 e. The summed E-state index contributed by atoms with van der Waals surface area (Å²) in [4.78, 5) is 13.7. The van der Waals surface area contributed by atoms with Gasteiger partial charge in [-0.15, -0.1) is 0 Å². The van der Waals surface area contributed by atoms with Gasteiger partial charge in [-0.25, -0.2) is 4.79 Å². The molecule has 4 heteroatoms. The van der Waals surface area contributed by atoms with Gasteiger partial charge in [0.2, 0.25) is 5.76 Å². The molecule has 22 heavy (non-hydrogen) atoms. The summed E-state index contributed by atoms with van der Waals surface area (Å²) in [6.45, 7) is 11.2. The summed E-state index contributed by atoms with van der Waals surface area (Å²) in [7, 11) is 0. The summed E-state index contributed by atoms with van der Waals surface area (Å²) in [5.41, 5.74) is 3.62. The van der Waals surface area contributed by atoms with Crippen molar-refractivity contribution >= 4 is 16.9 Å². The summed E-state index contributed by atoms with van der Waals surface area (Å²) in [5, 5.41) is 10.1. The van der Waals surface area contributed by atoms with Crippen molar-refractivity contribution in [2.45, 2.75) is 47.1 Å². The summed E-state index contributed by atoms with van der Waals surface area (Å²) in [5.74, 6) is -0.956. The van der Waals surface area contributed by atoms with Crippen molar-refractivity contribution in [2.75, 3.05) is 13.1 Å². The molecule has 0 saturated heterocycles. The highest BCUT2D eigenvalue weighted by atomic mass is 16.4. The number of carbonyl (C=O) groups is 1. The van der Waals surface area contributed by atoms with Crippen molar-refractivity contribution in [3.8, 4) is 0 Å². The number of benzene rings is 1. The van der Waals surface area contributed by atoms with E-state index in [-0.39, 0.29) is 5.76 Å². The molecule has 0 aliphatic carbocycles. The maximum Gasteiger partial charge on any atom is 0.372 e. The average molecular weight is 303 g/mol. The highest BCUT2D eigenvalue weighted by molar-refractivity contribution is 5.96. The van der Waals surface area contributed by atoms with Crippen molar-refractivity contribution in [3.05, 3.63) is 34.6 Å². The van der Waals surface area contributed by atoms with E-state index < -0.39 is 5.97 Å². The second kappa shape index (κ2) is 6.97. The van der Waals surface area contributed by atoms with E-state index in [9.17, 15) is 9.90 Å². The van der Waals surface area contributed by atoms with Gasteiger partial charge in [0.25, 0.3) is 0 Å². The normalized spacial score (nSPS) is 11.5. The Hall–Kier alpha value is -1.81. The van der Waals surface area contributed by atoms with Gasteiger partial charge in [-0.3, -0.25) is 4.90 Å². The number of hydrogen-bond acceptors (Lipinski definition) is 3. The van der Waals surface area contributed by atoms with Crippen molar-refractivity contribution in [1.82, 2.24) is 4.90 Å². The molecule has 0 saturated carbocycles. The molecule has 0 aliphatic heterocycles. The predicted octanol–water partition coefficient (Wildman–Crippen LogP) is 4.37. The van der Waals surface area contributed by atoms with Crippen molar-refractivity contribution in [2.24, 2.45) is 0 Å². The highest BCUT2D eigenvalue weighted by Gasteiger charge is 2.18. The van der Waals surface area contributed by atoms with Gasteiger partial charge in [0.15, 0.2) is 0 Å². The van der Waals surface area contributed by atoms with E-state index in [4.69, 9.17) is 4.42 Å². The lowest BCUT2D eigenvalue weighted by atomic mass is 10.0. The van der Waals surface area contributed by atoms with E-state index >= 15 is 0 Å². The first-order valence-electron chi connectivity index (χ1n) is 7.96. The summed E-state index contributed by atoms with van der Waals surface area (Å²) >= 11 is 0. The minimum absolute atomic E-state index is 0.0502. The average Bonchev–Trinajstić information content (AvgIpc) is 2.78. The van der Waals surface area contributed by atoms with Gasteiger partial charge in [-0.05, 0) is 57.0 Å². The third kappa shape index (κ3) is 3.33. The SMILES string of the molecule is CCCN(CCC)Cc1cc(C)c2oc(C(=O)O)c(C)c2c1. The van der Waals surface area contributed by atoms with E-state index in [0.717, 1.165) is 43.4 Å². The minimum atomic E-state index is -1.01. The van der Waals surface area contributed by atoms with Crippen molar-refractivity contribution in [1.29, 1.82) is 0 Å². The fourth-order valence-corrected chi connectivity index (χ4v) is 3.02. The van der Waals surface area contributed by atoms with Crippen LogP contribution >= 0.6 is 0 Å². The zero-order chi connectivity index (χ0) is 16.3. The minimum Gasteiger partial charge on any atom is -0.475 e. The number of aryl methyl sites for hydroxylation is 2. The van der Waals surface area contributed by atoms with Gasteiger partial charge in [0, 0.05) is 17.5 Å². The van der Waals surface area contributed by atoms with Crippen LogP contribution < -0.4 is 0 Å². The molecule has 0 bridgehead atoms. The van der Waals surface area contributed by atoms with Crippen LogP contribution in [0.15, 0.2) is 16.5 Å². The molecule has 120 valence electrons. The second-order valence-corrected chi connectivity index (χ2v) is 5.93. The van der Waals surface area contributed by atoms with Crippen LogP contribution in [0.2, 0.25) is 0 Å². The molecule has 0 spiro atoms. The lowest BCUT2D eigenvalue weighted by Crippen LogP contribution is -2.24. The van der Waals surface area contributed by atoms with Gasteiger partial charge >= 0.3 is 5.97 Å². The quantitative estimate of drug-likeness (QED) is 0.825. The Morgan fingerprint density at radius 1 is 1.18 bits per heavy atom. The largest absolute Gasteiger partial charge is 0.475 e. The number of rotatable bonds is 7. The molecule has 1 aromatic carbocycles. The van der Waals surface area contributed by atoms with Crippen LogP contribution in [-0.2, 0) is 6.54 Å². The van der Waals surface area contributed by atoms with Crippen LogP contribution in [0.4, 0.5) is 0 Å². The Morgan fingerprint density at radius 2 is 1.82 bits per heavy atom. The Labute approximate surface area is 131 Å². The molecule has 1 aromatic heterocycles. The molecular formula is C18H25NO3. The first-order chi connectivity index (χ1) is 10.5. The number of carboxylic acid groups (broad SMARTS) is 1. The van der Waals surface area contributed by atoms with Gasteiger partial charge in [-0.1, -0.05) is 19.9 Å². The van der Waals surface area contributed by atoms with Crippen LogP contribution in [0.25, 0.3) is 11.0 Å². The summed E-state index contributed by atoms with van der Waals surface area (Å²) in [6.07, 6.45) is 2.27. The molecule has 0 aliphatic rings. The van der Waals surface area contributed by atoms with Crippen molar-refractivity contribution in [3.63, 3.8) is 0 Å². The third-order valence-electron chi connectivity index (χ3n) is 3.96. The predicted molar refractivity (Wildman–Crippen MR) is 88.5 cm³/mol. The molecule has 0 fully saturated rings. The molecule has 0 amide bonds. The molecule has 2 aromatic rings. The highest BCUT2D eigenvalue weighted by Crippen LogP contribution is 2.29. The topological polar surface area (TPSA) is 53.7 Å². The van der Waals surface area contributed by atoms with Gasteiger partial charge < -0.3 is 9.52 Å². The van der Waals surface area contributed by atoms with E-state index in [1.165, 1.54) is 5.56 Å². The van der Waals surface area contributed by atoms with E-state index in [0.29, 0.717) is 11.1 Å². The molecular weight excluding hydrogens is 278 g/mol. The number of hydrogen-bond donors (Lipinski definition) is 1. The second-order valence-electron chi connectivity index (χ2n) is 5.93. The number of furan rings is 1. The van der Waals surface area contributed by atoms with Gasteiger partial charge in [0.05, 0.1) is 0 Å². The molecule has 4 nitrogen and oxygen atoms in total. The molecule has 0 atom stereocenters. The molecule has 1 N–H and O–H groups in total. The van der Waals surface area contributed by atoms with Crippen LogP contribution in [0.1, 0.15) is 53.9 Å². The van der Waals surface area contributed by atoms with E-state index in [2.05, 4.69) is 30.9 Å². The van der Waals surface area contributed by atoms with Crippen LogP contribution in [0.5, 0.6) is 0 Å². The molecule has 0 unspecified atom stereocenters. The summed E-state index contributed by atoms with van der Waals surface area (Å²) < 4.78 is 5.53. The molecule has 1 heterocycles. The first-order valence-corrected chi connectivity index (χ1v) is 7.96. The van der Waals surface area contributed by atoms with Crippen LogP contribution in [-0.4, -0.2) is 29.1 Å². The number of nitrogens with zero attached hydrogens (tertiary/aromatic N) is 1. The van der Waals surface area contributed by atoms with E-state index in [1.807, 2.05) is 13.8 Å². The van der Waals surface area contributed by atoms with Crippen LogP contribution in [0, 0.1) is 13.8 Å². The lowest BCUT2D eigenvalue weighted by Gasteiger charge is -2.21. The maximum absolute atomic E-state index is 11.2. The molecule has 2 rings (SSSR count). The van der Waals surface area contributed by atoms with Crippen LogP contribution in [0.3, 0.4) is 0 Å². The fourth-order valence-electron chi connectivity index (χ4n) is 3.02. The first kappa shape index (κ1) is 16.6. The van der Waals surface area contributed by atoms with Gasteiger partial charge in [-0.2, -0.15) is 0 Å². The fraction of sp³-hybridized carbons (Fsp3) is 0.500. The standard InChI is InChI=1S/C18H25NO3/c1-5-7-19(8-6-2)11-14-9-12(3)16-15(10-14)13(4)17(22-16)18(20)21/h9-10H,5-8,11H2,1-4H3,(H,20,21). The monoisotopic (exact) mass is 303 g/mol. The Morgan fingerprint density at radius 3 is 2.36 bits per heavy atom. The Bertz CT molecular complexity index is 667. The number of fused-ring (bicyclic) bond motifs is 1. The Balaban J connectivity index is 2.39. The third-order valence-corrected chi connectivity index (χ3v) is 3.96. The maximum atomic E-state index is 11.2. The molecule has 0 radical (unpaired) electrons. The zero-order valence-electron chi connectivity index (χ0n) is 13.9. The van der Waals surface area contributed by atoms with Crippen molar-refractivity contribution < 1.29 is 14.3 Å². The number of carboxylic acids is 1. The lowest BCUT2D eigenvalue weighted by molar-refractivity contribution is 0.0664. The van der Waals surface area contributed by atoms with E-state index in [1.54, 1.807) is 0 Å². The number of aromatic carboxylic acids is 1. The Kier molecular flexibility index (Phi) is 5.24. The zero-order valence-corrected chi connectivity index (χ0v) is 13.9.